The van der Waals surface area contributed by atoms with Gasteiger partial charge in [0, 0.05) is 20.2 Å². The fourth-order valence-corrected chi connectivity index (χ4v) is 5.47. The van der Waals surface area contributed by atoms with Crippen LogP contribution in [0.25, 0.3) is 0 Å². The van der Waals surface area contributed by atoms with Crippen LogP contribution < -0.4 is 14.8 Å². The van der Waals surface area contributed by atoms with Crippen LogP contribution in [0.15, 0.2) is 18.2 Å². The Morgan fingerprint density at radius 2 is 1.93 bits per heavy atom. The monoisotopic (exact) mass is 410 g/mol. The summed E-state index contributed by atoms with van der Waals surface area (Å²) in [5.41, 5.74) is 0.855. The summed E-state index contributed by atoms with van der Waals surface area (Å²) in [5.74, 6) is 1.80. The number of nitrogens with one attached hydrogen (secondary N) is 1. The lowest BCUT2D eigenvalue weighted by atomic mass is 9.77. The van der Waals surface area contributed by atoms with E-state index < -0.39 is 10.0 Å². The summed E-state index contributed by atoms with van der Waals surface area (Å²) in [6, 6.07) is 5.38. The van der Waals surface area contributed by atoms with Crippen LogP contribution in [0.5, 0.6) is 11.5 Å². The molecule has 8 nitrogen and oxygen atoms in total. The summed E-state index contributed by atoms with van der Waals surface area (Å²) in [6.07, 6.45) is 2.86. The molecular formula is C19H26N2O6S. The number of carbonyl (C=O) groups excluding carboxylic acids is 1. The van der Waals surface area contributed by atoms with Gasteiger partial charge in [0.1, 0.15) is 0 Å². The Morgan fingerprint density at radius 1 is 1.21 bits per heavy atom. The molecule has 2 heterocycles. The van der Waals surface area contributed by atoms with Crippen molar-refractivity contribution in [2.75, 3.05) is 33.2 Å². The van der Waals surface area contributed by atoms with E-state index in [4.69, 9.17) is 14.2 Å². The van der Waals surface area contributed by atoms with Gasteiger partial charge in [-0.1, -0.05) is 6.07 Å². The third kappa shape index (κ3) is 3.97. The number of carbonyl (C=O) groups is 1. The van der Waals surface area contributed by atoms with Gasteiger partial charge < -0.3 is 19.5 Å². The van der Waals surface area contributed by atoms with Crippen molar-refractivity contribution in [2.24, 2.45) is 11.8 Å². The summed E-state index contributed by atoms with van der Waals surface area (Å²) in [6.45, 7) is 1.27. The predicted molar refractivity (Wildman–Crippen MR) is 102 cm³/mol. The zero-order valence-corrected chi connectivity index (χ0v) is 16.9. The second-order valence-electron chi connectivity index (χ2n) is 7.88. The first kappa shape index (κ1) is 19.5. The van der Waals surface area contributed by atoms with Crippen molar-refractivity contribution in [1.29, 1.82) is 0 Å². The van der Waals surface area contributed by atoms with Crippen molar-refractivity contribution in [3.8, 4) is 11.5 Å². The van der Waals surface area contributed by atoms with Crippen molar-refractivity contribution in [1.82, 2.24) is 9.62 Å². The highest BCUT2D eigenvalue weighted by Crippen LogP contribution is 2.38. The lowest BCUT2D eigenvalue weighted by Gasteiger charge is -2.37. The molecule has 0 radical (unpaired) electrons. The molecule has 1 saturated carbocycles. The van der Waals surface area contributed by atoms with Gasteiger partial charge in [0.15, 0.2) is 11.5 Å². The average Bonchev–Trinajstić information content (AvgIpc) is 3.26. The maximum absolute atomic E-state index is 12.6. The summed E-state index contributed by atoms with van der Waals surface area (Å²) < 4.78 is 41.6. The Bertz CT molecular complexity index is 858. The van der Waals surface area contributed by atoms with Gasteiger partial charge in [-0.05, 0) is 42.4 Å². The van der Waals surface area contributed by atoms with Crippen LogP contribution in [0.2, 0.25) is 0 Å². The van der Waals surface area contributed by atoms with Crippen molar-refractivity contribution < 1.29 is 27.4 Å². The largest absolute Gasteiger partial charge is 0.454 e. The minimum atomic E-state index is -3.19. The van der Waals surface area contributed by atoms with Crippen molar-refractivity contribution in [2.45, 2.75) is 31.4 Å². The summed E-state index contributed by atoms with van der Waals surface area (Å²) in [7, 11) is -1.54. The van der Waals surface area contributed by atoms with Gasteiger partial charge in [-0.25, -0.2) is 12.7 Å². The van der Waals surface area contributed by atoms with E-state index in [1.165, 1.54) is 6.26 Å². The Kier molecular flexibility index (Phi) is 5.24. The van der Waals surface area contributed by atoms with Gasteiger partial charge in [0.2, 0.25) is 22.7 Å². The van der Waals surface area contributed by atoms with Crippen LogP contribution >= 0.6 is 0 Å². The molecule has 0 unspecified atom stereocenters. The number of methoxy groups -OCH3 is 1. The Morgan fingerprint density at radius 3 is 2.64 bits per heavy atom. The zero-order chi connectivity index (χ0) is 19.9. The molecule has 1 saturated heterocycles. The third-order valence-electron chi connectivity index (χ3n) is 6.00. The minimum Gasteiger partial charge on any atom is -0.454 e. The van der Waals surface area contributed by atoms with Gasteiger partial charge in [-0.2, -0.15) is 0 Å². The van der Waals surface area contributed by atoms with Crippen molar-refractivity contribution >= 4 is 15.9 Å². The Balaban J connectivity index is 1.39. The molecule has 0 spiro atoms. The normalized spacial score (nSPS) is 29.5. The lowest BCUT2D eigenvalue weighted by molar-refractivity contribution is -0.123. The first-order chi connectivity index (χ1) is 13.3. The quantitative estimate of drug-likeness (QED) is 0.770. The van der Waals surface area contributed by atoms with Crippen LogP contribution in [0.1, 0.15) is 18.4 Å². The second kappa shape index (κ2) is 7.53. The molecule has 9 heteroatoms. The molecule has 2 fully saturated rings. The molecule has 0 bridgehead atoms. The van der Waals surface area contributed by atoms with Gasteiger partial charge in [0.05, 0.1) is 24.8 Å². The lowest BCUT2D eigenvalue weighted by Crippen LogP contribution is -2.50. The van der Waals surface area contributed by atoms with Crippen LogP contribution in [-0.4, -0.2) is 64.0 Å². The number of hydrogen-bond donors (Lipinski definition) is 1. The number of sulfonamides is 1. The molecule has 1 aromatic rings. The van der Waals surface area contributed by atoms with E-state index in [1.54, 1.807) is 11.4 Å². The number of benzene rings is 1. The van der Waals surface area contributed by atoms with Gasteiger partial charge in [-0.15, -0.1) is 0 Å². The molecule has 2 aliphatic heterocycles. The molecule has 154 valence electrons. The van der Waals surface area contributed by atoms with E-state index in [0.717, 1.165) is 18.4 Å². The number of nitrogens with zero attached hydrogens (tertiary/aromatic N) is 1. The highest BCUT2D eigenvalue weighted by molar-refractivity contribution is 7.88. The van der Waals surface area contributed by atoms with Crippen molar-refractivity contribution in [3.05, 3.63) is 23.8 Å². The van der Waals surface area contributed by atoms with Crippen LogP contribution in [0.3, 0.4) is 0 Å². The Labute approximate surface area is 165 Å². The molecule has 4 rings (SSSR count). The molecular weight excluding hydrogens is 384 g/mol. The maximum Gasteiger partial charge on any atom is 0.231 e. The smallest absolute Gasteiger partial charge is 0.231 e. The second-order valence-corrected chi connectivity index (χ2v) is 9.87. The molecule has 0 aromatic heterocycles. The molecule has 4 atom stereocenters. The average molecular weight is 410 g/mol. The first-order valence-corrected chi connectivity index (χ1v) is 11.3. The van der Waals surface area contributed by atoms with Gasteiger partial charge in [0.25, 0.3) is 0 Å². The van der Waals surface area contributed by atoms with E-state index in [1.807, 2.05) is 18.2 Å². The zero-order valence-electron chi connectivity index (χ0n) is 16.1. The fourth-order valence-electron chi connectivity index (χ4n) is 4.55. The molecule has 28 heavy (non-hydrogen) atoms. The summed E-state index contributed by atoms with van der Waals surface area (Å²) in [4.78, 5) is 12.6. The van der Waals surface area contributed by atoms with Crippen LogP contribution in [0.4, 0.5) is 0 Å². The maximum atomic E-state index is 12.6. The van der Waals surface area contributed by atoms with Gasteiger partial charge >= 0.3 is 0 Å². The number of ether oxygens (including phenoxy) is 3. The van der Waals surface area contributed by atoms with Crippen molar-refractivity contribution in [3.63, 3.8) is 0 Å². The molecule has 1 amide bonds. The SMILES string of the molecule is CO[C@H]1C[C@@H]2CN(S(C)(=O)=O)C[C@@H]2C[C@@H]1NC(=O)Cc1ccc2c(c1)OCO2. The molecule has 3 aliphatic rings. The van der Waals surface area contributed by atoms with E-state index in [0.29, 0.717) is 24.6 Å². The highest BCUT2D eigenvalue weighted by atomic mass is 32.2. The minimum absolute atomic E-state index is 0.0812. The number of fused-ring (bicyclic) bond motifs is 2. The van der Waals surface area contributed by atoms with E-state index in [-0.39, 0.29) is 43.1 Å². The number of amides is 1. The molecule has 1 aliphatic carbocycles. The van der Waals surface area contributed by atoms with E-state index >= 15 is 0 Å². The first-order valence-electron chi connectivity index (χ1n) is 9.49. The molecule has 1 aromatic carbocycles. The fraction of sp³-hybridized carbons (Fsp3) is 0.632. The topological polar surface area (TPSA) is 94.2 Å². The predicted octanol–water partition coefficient (Wildman–Crippen LogP) is 0.759. The highest BCUT2D eigenvalue weighted by Gasteiger charge is 2.44. The van der Waals surface area contributed by atoms with E-state index in [2.05, 4.69) is 5.32 Å². The van der Waals surface area contributed by atoms with Gasteiger partial charge in [-0.3, -0.25) is 4.79 Å². The molecule has 1 N–H and O–H groups in total. The van der Waals surface area contributed by atoms with Crippen LogP contribution in [0, 0.1) is 11.8 Å². The standard InChI is InChI=1S/C19H26N2O6S/c1-25-17-8-14-10-21(28(2,23)24)9-13(14)7-15(17)20-19(22)6-12-3-4-16-18(5-12)27-11-26-16/h3-5,13-15,17H,6-11H2,1-2H3,(H,20,22)/t13-,14+,15-,17-/m0/s1. The number of rotatable bonds is 5. The summed E-state index contributed by atoms with van der Waals surface area (Å²) in [5, 5.41) is 3.10. The van der Waals surface area contributed by atoms with Crippen LogP contribution in [-0.2, 0) is 26.0 Å². The van der Waals surface area contributed by atoms with E-state index in [9.17, 15) is 13.2 Å². The number of hydrogen-bond acceptors (Lipinski definition) is 6. The Hall–Kier alpha value is -1.84. The summed E-state index contributed by atoms with van der Waals surface area (Å²) >= 11 is 0. The third-order valence-corrected chi connectivity index (χ3v) is 7.24.